The van der Waals surface area contributed by atoms with Crippen molar-refractivity contribution in [3.63, 3.8) is 0 Å². The number of thiazole rings is 1. The second kappa shape index (κ2) is 8.78. The van der Waals surface area contributed by atoms with Gasteiger partial charge in [0.2, 0.25) is 5.91 Å². The maximum Gasteiger partial charge on any atom is 0.233 e. The lowest BCUT2D eigenvalue weighted by Crippen LogP contribution is -2.35. The Labute approximate surface area is 189 Å². The van der Waals surface area contributed by atoms with Gasteiger partial charge in [-0.15, -0.1) is 0 Å². The highest BCUT2D eigenvalue weighted by Gasteiger charge is 2.22. The summed E-state index contributed by atoms with van der Waals surface area (Å²) in [6.07, 6.45) is 0.192. The summed E-state index contributed by atoms with van der Waals surface area (Å²) >= 11 is 1.11. The van der Waals surface area contributed by atoms with Crippen LogP contribution in [0.15, 0.2) is 36.4 Å². The van der Waals surface area contributed by atoms with Crippen molar-refractivity contribution in [3.8, 4) is 0 Å². The third kappa shape index (κ3) is 4.55. The molecule has 8 heteroatoms. The molecule has 1 amide bonds. The largest absolute Gasteiger partial charge is 0.286 e. The molecule has 2 aromatic heterocycles. The number of fused-ring (bicyclic) bond motifs is 1. The van der Waals surface area contributed by atoms with E-state index in [1.165, 1.54) is 6.07 Å². The fourth-order valence-corrected chi connectivity index (χ4v) is 4.78. The number of rotatable bonds is 6. The number of carbonyl (C=O) groups is 1. The highest BCUT2D eigenvalue weighted by molar-refractivity contribution is 7.22. The first-order valence-corrected chi connectivity index (χ1v) is 11.2. The summed E-state index contributed by atoms with van der Waals surface area (Å²) in [5.41, 5.74) is 4.99. The Hall–Kier alpha value is -3.13. The van der Waals surface area contributed by atoms with Gasteiger partial charge in [-0.25, -0.2) is 13.8 Å². The molecule has 0 unspecified atom stereocenters. The lowest BCUT2D eigenvalue weighted by molar-refractivity contribution is -0.118. The van der Waals surface area contributed by atoms with Crippen molar-refractivity contribution in [1.82, 2.24) is 14.8 Å². The van der Waals surface area contributed by atoms with Crippen LogP contribution in [0.5, 0.6) is 0 Å². The van der Waals surface area contributed by atoms with Crippen molar-refractivity contribution in [3.05, 3.63) is 76.1 Å². The van der Waals surface area contributed by atoms with Gasteiger partial charge < -0.3 is 0 Å². The molecule has 0 aliphatic carbocycles. The Morgan fingerprint density at radius 1 is 1.09 bits per heavy atom. The van der Waals surface area contributed by atoms with Crippen LogP contribution in [0, 0.1) is 39.3 Å². The van der Waals surface area contributed by atoms with E-state index in [1.54, 1.807) is 4.90 Å². The molecule has 0 N–H and O–H groups in total. The van der Waals surface area contributed by atoms with E-state index in [0.717, 1.165) is 45.5 Å². The first-order valence-electron chi connectivity index (χ1n) is 10.3. The number of hydrogen-bond donors (Lipinski definition) is 0. The first-order chi connectivity index (χ1) is 15.2. The molecule has 5 nitrogen and oxygen atoms in total. The minimum absolute atomic E-state index is 0.0713. The monoisotopic (exact) mass is 454 g/mol. The topological polar surface area (TPSA) is 51.0 Å². The van der Waals surface area contributed by atoms with Crippen molar-refractivity contribution in [2.24, 2.45) is 0 Å². The lowest BCUT2D eigenvalue weighted by Gasteiger charge is -2.21. The number of anilines is 1. The average Bonchev–Trinajstić information content (AvgIpc) is 3.27. The quantitative estimate of drug-likeness (QED) is 0.398. The van der Waals surface area contributed by atoms with Crippen LogP contribution < -0.4 is 4.90 Å². The highest BCUT2D eigenvalue weighted by atomic mass is 32.1. The lowest BCUT2D eigenvalue weighted by atomic mass is 10.0. The van der Waals surface area contributed by atoms with Crippen LogP contribution in [0.2, 0.25) is 0 Å². The van der Waals surface area contributed by atoms with Crippen molar-refractivity contribution in [2.75, 3.05) is 11.4 Å². The summed E-state index contributed by atoms with van der Waals surface area (Å²) in [7, 11) is 0. The second-order valence-electron chi connectivity index (χ2n) is 8.03. The molecule has 32 heavy (non-hydrogen) atoms. The molecule has 166 valence electrons. The van der Waals surface area contributed by atoms with Gasteiger partial charge in [-0.2, -0.15) is 5.10 Å². The molecule has 0 bridgehead atoms. The summed E-state index contributed by atoms with van der Waals surface area (Å²) in [4.78, 5) is 19.3. The van der Waals surface area contributed by atoms with Crippen LogP contribution in [0.25, 0.3) is 10.2 Å². The molecule has 0 saturated heterocycles. The standard InChI is InChI=1S/C24H24F2N4OS/c1-14-5-6-15(2)18(9-14)11-22(31)29(7-8-30-17(4)10-16(3)28-30)24-27-23-20(26)12-19(25)13-21(23)32-24/h5-6,9-10,12-13H,7-8,11H2,1-4H3. The number of hydrogen-bond acceptors (Lipinski definition) is 4. The summed E-state index contributed by atoms with van der Waals surface area (Å²) < 4.78 is 30.2. The van der Waals surface area contributed by atoms with Crippen LogP contribution in [0.1, 0.15) is 28.1 Å². The number of aryl methyl sites for hydroxylation is 4. The van der Waals surface area contributed by atoms with Gasteiger partial charge in [0.05, 0.1) is 23.4 Å². The average molecular weight is 455 g/mol. The van der Waals surface area contributed by atoms with Gasteiger partial charge in [0.15, 0.2) is 10.9 Å². The van der Waals surface area contributed by atoms with E-state index in [1.807, 2.05) is 56.6 Å². The maximum atomic E-state index is 14.3. The van der Waals surface area contributed by atoms with E-state index in [4.69, 9.17) is 0 Å². The molecule has 0 aliphatic rings. The third-order valence-corrected chi connectivity index (χ3v) is 6.44. The van der Waals surface area contributed by atoms with Crippen molar-refractivity contribution >= 4 is 32.6 Å². The van der Waals surface area contributed by atoms with Crippen LogP contribution in [-0.2, 0) is 17.8 Å². The van der Waals surface area contributed by atoms with E-state index in [-0.39, 0.29) is 17.8 Å². The Morgan fingerprint density at radius 3 is 2.59 bits per heavy atom. The molecule has 0 atom stereocenters. The fraction of sp³-hybridized carbons (Fsp3) is 0.292. The molecule has 0 spiro atoms. The summed E-state index contributed by atoms with van der Waals surface area (Å²) in [5.74, 6) is -1.55. The number of halogens is 2. The Morgan fingerprint density at radius 2 is 1.88 bits per heavy atom. The van der Waals surface area contributed by atoms with Crippen LogP contribution in [0.4, 0.5) is 13.9 Å². The minimum Gasteiger partial charge on any atom is -0.286 e. The Kier molecular flexibility index (Phi) is 6.06. The zero-order valence-electron chi connectivity index (χ0n) is 18.4. The van der Waals surface area contributed by atoms with E-state index < -0.39 is 11.6 Å². The number of benzene rings is 2. The normalized spacial score (nSPS) is 11.3. The van der Waals surface area contributed by atoms with Crippen molar-refractivity contribution < 1.29 is 13.6 Å². The van der Waals surface area contributed by atoms with Crippen molar-refractivity contribution in [1.29, 1.82) is 0 Å². The van der Waals surface area contributed by atoms with Gasteiger partial charge >= 0.3 is 0 Å². The fourth-order valence-electron chi connectivity index (χ4n) is 3.73. The van der Waals surface area contributed by atoms with Gasteiger partial charge in [-0.1, -0.05) is 35.1 Å². The van der Waals surface area contributed by atoms with E-state index in [0.29, 0.717) is 22.9 Å². The van der Waals surface area contributed by atoms with Gasteiger partial charge in [0, 0.05) is 18.3 Å². The Balaban J connectivity index is 1.68. The van der Waals surface area contributed by atoms with E-state index in [9.17, 15) is 13.6 Å². The molecular formula is C24H24F2N4OS. The predicted octanol–water partition coefficient (Wildman–Crippen LogP) is 5.28. The zero-order valence-corrected chi connectivity index (χ0v) is 19.3. The molecule has 2 aromatic carbocycles. The predicted molar refractivity (Wildman–Crippen MR) is 123 cm³/mol. The number of amides is 1. The van der Waals surface area contributed by atoms with Gasteiger partial charge in [-0.05, 0) is 51.0 Å². The Bertz CT molecular complexity index is 1310. The molecule has 0 fully saturated rings. The zero-order chi connectivity index (χ0) is 23.0. The van der Waals surface area contributed by atoms with Gasteiger partial charge in [0.25, 0.3) is 0 Å². The smallest absolute Gasteiger partial charge is 0.233 e. The second-order valence-corrected chi connectivity index (χ2v) is 9.04. The first kappa shape index (κ1) is 22.1. The maximum absolute atomic E-state index is 14.3. The number of carbonyl (C=O) groups excluding carboxylic acids is 1. The molecule has 0 aliphatic heterocycles. The summed E-state index contributed by atoms with van der Waals surface area (Å²) in [5, 5.41) is 4.81. The molecule has 4 aromatic rings. The van der Waals surface area contributed by atoms with E-state index in [2.05, 4.69) is 10.1 Å². The van der Waals surface area contributed by atoms with Gasteiger partial charge in [-0.3, -0.25) is 14.4 Å². The molecule has 4 rings (SSSR count). The SMILES string of the molecule is Cc1ccc(C)c(CC(=O)N(CCn2nc(C)cc2C)c2nc3c(F)cc(F)cc3s2)c1. The van der Waals surface area contributed by atoms with Crippen LogP contribution in [0.3, 0.4) is 0 Å². The van der Waals surface area contributed by atoms with E-state index >= 15 is 0 Å². The molecular weight excluding hydrogens is 430 g/mol. The number of nitrogens with zero attached hydrogens (tertiary/aromatic N) is 4. The van der Waals surface area contributed by atoms with Gasteiger partial charge in [0.1, 0.15) is 11.3 Å². The van der Waals surface area contributed by atoms with Crippen molar-refractivity contribution in [2.45, 2.75) is 40.7 Å². The highest BCUT2D eigenvalue weighted by Crippen LogP contribution is 2.31. The van der Waals surface area contributed by atoms with Crippen LogP contribution in [-0.4, -0.2) is 27.2 Å². The summed E-state index contributed by atoms with van der Waals surface area (Å²) in [6, 6.07) is 10.0. The minimum atomic E-state index is -0.733. The van der Waals surface area contributed by atoms with Crippen LogP contribution >= 0.6 is 11.3 Å². The molecule has 0 radical (unpaired) electrons. The number of aromatic nitrogens is 3. The molecule has 2 heterocycles. The molecule has 0 saturated carbocycles. The third-order valence-electron chi connectivity index (χ3n) is 5.42. The summed E-state index contributed by atoms with van der Waals surface area (Å²) in [6.45, 7) is 8.60.